The predicted molar refractivity (Wildman–Crippen MR) is 80.8 cm³/mol. The zero-order valence-corrected chi connectivity index (χ0v) is 12.7. The second kappa shape index (κ2) is 6.19. The second-order valence-electron chi connectivity index (χ2n) is 5.19. The molecule has 0 radical (unpaired) electrons. The average Bonchev–Trinajstić information content (AvgIpc) is 3.00. The maximum Gasteiger partial charge on any atom is 0.260 e. The molecule has 1 saturated heterocycles. The number of carbonyl (C=O) groups excluding carboxylic acids is 1. The van der Waals surface area contributed by atoms with E-state index in [1.165, 1.54) is 7.11 Å². The van der Waals surface area contributed by atoms with Crippen molar-refractivity contribution in [1.82, 2.24) is 14.5 Å². The van der Waals surface area contributed by atoms with E-state index in [4.69, 9.17) is 9.47 Å². The largest absolute Gasteiger partial charge is 0.480 e. The summed E-state index contributed by atoms with van der Waals surface area (Å²) >= 11 is 0. The summed E-state index contributed by atoms with van der Waals surface area (Å²) in [7, 11) is 3.49. The van der Waals surface area contributed by atoms with Crippen LogP contribution in [-0.4, -0.2) is 47.2 Å². The highest BCUT2D eigenvalue weighted by molar-refractivity contribution is 5.96. The van der Waals surface area contributed by atoms with Crippen molar-refractivity contribution in [2.75, 3.05) is 26.9 Å². The molecule has 0 N–H and O–H groups in total. The Hall–Kier alpha value is -2.34. The minimum atomic E-state index is -0.105. The molecular weight excluding hydrogens is 282 g/mol. The zero-order chi connectivity index (χ0) is 15.5. The van der Waals surface area contributed by atoms with Crippen molar-refractivity contribution in [2.24, 2.45) is 7.05 Å². The van der Waals surface area contributed by atoms with Crippen LogP contribution in [-0.2, 0) is 11.8 Å². The van der Waals surface area contributed by atoms with Crippen molar-refractivity contribution in [1.29, 1.82) is 0 Å². The molecule has 1 fully saturated rings. The number of hydrogen-bond acceptors (Lipinski definition) is 4. The summed E-state index contributed by atoms with van der Waals surface area (Å²) in [5, 5.41) is 0. The van der Waals surface area contributed by atoms with Crippen molar-refractivity contribution < 1.29 is 14.3 Å². The van der Waals surface area contributed by atoms with Crippen molar-refractivity contribution >= 4 is 5.91 Å². The normalized spacial score (nSPS) is 18.3. The SMILES string of the molecule is COc1ncccc1C(=O)N1CCOC[C@@H]1c1cccn1C. The minimum absolute atomic E-state index is 0.0838. The van der Waals surface area contributed by atoms with Crippen molar-refractivity contribution in [3.63, 3.8) is 0 Å². The lowest BCUT2D eigenvalue weighted by Crippen LogP contribution is -2.44. The van der Waals surface area contributed by atoms with Crippen LogP contribution in [0, 0.1) is 0 Å². The molecule has 0 aromatic carbocycles. The highest BCUT2D eigenvalue weighted by Gasteiger charge is 2.32. The maximum atomic E-state index is 12.9. The number of ether oxygens (including phenoxy) is 2. The van der Waals surface area contributed by atoms with E-state index in [9.17, 15) is 4.79 Å². The molecule has 0 spiro atoms. The second-order valence-corrected chi connectivity index (χ2v) is 5.19. The van der Waals surface area contributed by atoms with E-state index >= 15 is 0 Å². The number of methoxy groups -OCH3 is 1. The van der Waals surface area contributed by atoms with Gasteiger partial charge in [0.1, 0.15) is 5.56 Å². The Morgan fingerprint density at radius 1 is 1.41 bits per heavy atom. The minimum Gasteiger partial charge on any atom is -0.480 e. The van der Waals surface area contributed by atoms with Gasteiger partial charge >= 0.3 is 0 Å². The lowest BCUT2D eigenvalue weighted by atomic mass is 10.1. The van der Waals surface area contributed by atoms with E-state index in [1.807, 2.05) is 34.8 Å². The third kappa shape index (κ3) is 2.57. The average molecular weight is 301 g/mol. The summed E-state index contributed by atoms with van der Waals surface area (Å²) in [6.45, 7) is 1.58. The number of aryl methyl sites for hydroxylation is 1. The third-order valence-electron chi connectivity index (χ3n) is 3.91. The van der Waals surface area contributed by atoms with Crippen LogP contribution in [0.5, 0.6) is 5.88 Å². The quantitative estimate of drug-likeness (QED) is 0.865. The van der Waals surface area contributed by atoms with Gasteiger partial charge in [0, 0.05) is 31.7 Å². The molecule has 1 atom stereocenters. The van der Waals surface area contributed by atoms with Gasteiger partial charge in [-0.3, -0.25) is 4.79 Å². The van der Waals surface area contributed by atoms with Crippen LogP contribution in [0.4, 0.5) is 0 Å². The molecule has 0 aliphatic carbocycles. The molecule has 3 rings (SSSR count). The number of aromatic nitrogens is 2. The van der Waals surface area contributed by atoms with Crippen LogP contribution in [0.3, 0.4) is 0 Å². The summed E-state index contributed by atoms with van der Waals surface area (Å²) < 4.78 is 12.8. The fourth-order valence-electron chi connectivity index (χ4n) is 2.78. The first-order valence-corrected chi connectivity index (χ1v) is 7.21. The van der Waals surface area contributed by atoms with Gasteiger partial charge in [0.15, 0.2) is 0 Å². The van der Waals surface area contributed by atoms with Crippen LogP contribution < -0.4 is 4.74 Å². The van der Waals surface area contributed by atoms with Gasteiger partial charge in [-0.1, -0.05) is 0 Å². The first-order valence-electron chi connectivity index (χ1n) is 7.21. The fourth-order valence-corrected chi connectivity index (χ4v) is 2.78. The van der Waals surface area contributed by atoms with Gasteiger partial charge in [-0.2, -0.15) is 0 Å². The van der Waals surface area contributed by atoms with E-state index in [0.29, 0.717) is 31.2 Å². The van der Waals surface area contributed by atoms with Gasteiger partial charge in [0.2, 0.25) is 5.88 Å². The van der Waals surface area contributed by atoms with Crippen LogP contribution in [0.2, 0.25) is 0 Å². The standard InChI is InChI=1S/C16H19N3O3/c1-18-8-4-6-13(18)14-11-22-10-9-19(14)16(20)12-5-3-7-17-15(12)21-2/h3-8,14H,9-11H2,1-2H3/t14-/m1/s1. The molecule has 2 aromatic rings. The maximum absolute atomic E-state index is 12.9. The summed E-state index contributed by atoms with van der Waals surface area (Å²) in [5.41, 5.74) is 1.53. The van der Waals surface area contributed by atoms with Gasteiger partial charge < -0.3 is 18.9 Å². The zero-order valence-electron chi connectivity index (χ0n) is 12.7. The van der Waals surface area contributed by atoms with Crippen molar-refractivity contribution in [2.45, 2.75) is 6.04 Å². The first-order chi connectivity index (χ1) is 10.7. The highest BCUT2D eigenvalue weighted by atomic mass is 16.5. The Morgan fingerprint density at radius 3 is 3.00 bits per heavy atom. The van der Waals surface area contributed by atoms with Gasteiger partial charge in [-0.25, -0.2) is 4.98 Å². The van der Waals surface area contributed by atoms with Crippen LogP contribution in [0.1, 0.15) is 22.1 Å². The molecule has 1 amide bonds. The van der Waals surface area contributed by atoms with E-state index in [1.54, 1.807) is 18.3 Å². The Morgan fingerprint density at radius 2 is 2.27 bits per heavy atom. The molecule has 1 aliphatic rings. The van der Waals surface area contributed by atoms with Crippen LogP contribution in [0.25, 0.3) is 0 Å². The van der Waals surface area contributed by atoms with Crippen molar-refractivity contribution in [3.8, 4) is 5.88 Å². The molecule has 3 heterocycles. The molecular formula is C16H19N3O3. The molecule has 1 aliphatic heterocycles. The van der Waals surface area contributed by atoms with Crippen LogP contribution >= 0.6 is 0 Å². The molecule has 6 nitrogen and oxygen atoms in total. The molecule has 22 heavy (non-hydrogen) atoms. The monoisotopic (exact) mass is 301 g/mol. The number of amides is 1. The Balaban J connectivity index is 1.94. The van der Waals surface area contributed by atoms with E-state index < -0.39 is 0 Å². The Kier molecular flexibility index (Phi) is 4.11. The smallest absolute Gasteiger partial charge is 0.260 e. The topological polar surface area (TPSA) is 56.6 Å². The number of morpholine rings is 1. The number of carbonyl (C=O) groups is 1. The van der Waals surface area contributed by atoms with E-state index in [-0.39, 0.29) is 11.9 Å². The molecule has 6 heteroatoms. The van der Waals surface area contributed by atoms with Gasteiger partial charge in [0.05, 0.1) is 26.4 Å². The predicted octanol–water partition coefficient (Wildman–Crippen LogP) is 1.64. The molecule has 116 valence electrons. The molecule has 0 unspecified atom stereocenters. The lowest BCUT2D eigenvalue weighted by Gasteiger charge is -2.36. The van der Waals surface area contributed by atoms with Crippen LogP contribution in [0.15, 0.2) is 36.7 Å². The summed E-state index contributed by atoms with van der Waals surface area (Å²) in [6, 6.07) is 7.36. The highest BCUT2D eigenvalue weighted by Crippen LogP contribution is 2.27. The third-order valence-corrected chi connectivity index (χ3v) is 3.91. The Labute approximate surface area is 129 Å². The van der Waals surface area contributed by atoms with Crippen molar-refractivity contribution in [3.05, 3.63) is 47.9 Å². The van der Waals surface area contributed by atoms with E-state index in [2.05, 4.69) is 4.98 Å². The first kappa shape index (κ1) is 14.6. The summed E-state index contributed by atoms with van der Waals surface area (Å²) in [4.78, 5) is 18.9. The fraction of sp³-hybridized carbons (Fsp3) is 0.375. The van der Waals surface area contributed by atoms with Gasteiger partial charge in [-0.05, 0) is 24.3 Å². The molecule has 2 aromatic heterocycles. The molecule has 0 bridgehead atoms. The number of hydrogen-bond donors (Lipinski definition) is 0. The van der Waals surface area contributed by atoms with Gasteiger partial charge in [-0.15, -0.1) is 0 Å². The number of pyridine rings is 1. The number of nitrogens with zero attached hydrogens (tertiary/aromatic N) is 3. The lowest BCUT2D eigenvalue weighted by molar-refractivity contribution is -0.00481. The summed E-state index contributed by atoms with van der Waals surface area (Å²) in [5.74, 6) is 0.268. The van der Waals surface area contributed by atoms with E-state index in [0.717, 1.165) is 5.69 Å². The molecule has 0 saturated carbocycles. The van der Waals surface area contributed by atoms with Gasteiger partial charge in [0.25, 0.3) is 5.91 Å². The number of rotatable bonds is 3. The summed E-state index contributed by atoms with van der Waals surface area (Å²) in [6.07, 6.45) is 3.58. The Bertz CT molecular complexity index is 668.